The maximum Gasteiger partial charge on any atom is 0.210 e. The van der Waals surface area contributed by atoms with Gasteiger partial charge in [-0.05, 0) is 52.9 Å². The molecule has 0 radical (unpaired) electrons. The molecule has 1 aromatic heterocycles. The van der Waals surface area contributed by atoms with Gasteiger partial charge in [-0.15, -0.1) is 0 Å². The minimum atomic E-state index is -0.0353. The van der Waals surface area contributed by atoms with E-state index in [1.54, 1.807) is 30.5 Å². The number of carbonyl (C=O) groups is 1. The van der Waals surface area contributed by atoms with Gasteiger partial charge in [0.15, 0.2) is 0 Å². The molecule has 1 N–H and O–H groups in total. The van der Waals surface area contributed by atoms with Crippen molar-refractivity contribution in [2.45, 2.75) is 0 Å². The van der Waals surface area contributed by atoms with Gasteiger partial charge in [0, 0.05) is 20.4 Å². The van der Waals surface area contributed by atoms with Crippen molar-refractivity contribution in [3.05, 3.63) is 56.4 Å². The van der Waals surface area contributed by atoms with E-state index in [0.717, 1.165) is 3.57 Å². The molecule has 0 unspecified atom stereocenters. The molecule has 2 aromatic rings. The maximum atomic E-state index is 12.0. The monoisotopic (exact) mass is 331 g/mol. The van der Waals surface area contributed by atoms with Gasteiger partial charge in [0.05, 0.1) is 5.69 Å². The highest BCUT2D eigenvalue weighted by atomic mass is 127. The first kappa shape index (κ1) is 10.7. The van der Waals surface area contributed by atoms with Crippen molar-refractivity contribution in [2.24, 2.45) is 0 Å². The molecule has 2 rings (SSSR count). The largest absolute Gasteiger partial charge is 0.359 e. The molecule has 0 aliphatic rings. The van der Waals surface area contributed by atoms with E-state index >= 15 is 0 Å². The molecule has 0 aliphatic carbocycles. The molecule has 0 amide bonds. The number of nitrogens with one attached hydrogen (secondary N) is 1. The summed E-state index contributed by atoms with van der Waals surface area (Å²) in [6.45, 7) is 0. The summed E-state index contributed by atoms with van der Waals surface area (Å²) in [5, 5.41) is 0.574. The van der Waals surface area contributed by atoms with Crippen LogP contribution >= 0.6 is 34.2 Å². The Morgan fingerprint density at radius 2 is 2.13 bits per heavy atom. The third-order valence-electron chi connectivity index (χ3n) is 2.02. The summed E-state index contributed by atoms with van der Waals surface area (Å²) in [5.74, 6) is -0.0353. The zero-order valence-corrected chi connectivity index (χ0v) is 10.5. The number of H-pyrrole nitrogens is 1. The lowest BCUT2D eigenvalue weighted by atomic mass is 10.1. The van der Waals surface area contributed by atoms with Gasteiger partial charge in [-0.2, -0.15) is 0 Å². The van der Waals surface area contributed by atoms with Gasteiger partial charge in [0.2, 0.25) is 5.78 Å². The number of hydrogen-bond acceptors (Lipinski definition) is 1. The second-order valence-electron chi connectivity index (χ2n) is 3.04. The number of halogens is 2. The minimum Gasteiger partial charge on any atom is -0.359 e. The van der Waals surface area contributed by atoms with E-state index < -0.39 is 0 Å². The van der Waals surface area contributed by atoms with Gasteiger partial charge >= 0.3 is 0 Å². The summed E-state index contributed by atoms with van der Waals surface area (Å²) in [6, 6.07) is 8.84. The summed E-state index contributed by atoms with van der Waals surface area (Å²) >= 11 is 7.98. The van der Waals surface area contributed by atoms with Crippen LogP contribution in [0.2, 0.25) is 5.02 Å². The molecule has 0 atom stereocenters. The number of ketones is 1. The summed E-state index contributed by atoms with van der Waals surface area (Å²) < 4.78 is 0.900. The molecular formula is C11H7ClINO. The van der Waals surface area contributed by atoms with Crippen molar-refractivity contribution >= 4 is 40.0 Å². The Morgan fingerprint density at radius 3 is 2.80 bits per heavy atom. The van der Waals surface area contributed by atoms with E-state index in [9.17, 15) is 4.79 Å². The van der Waals surface area contributed by atoms with Crippen LogP contribution in [0, 0.1) is 3.57 Å². The van der Waals surface area contributed by atoms with Crippen molar-refractivity contribution < 1.29 is 4.79 Å². The van der Waals surface area contributed by atoms with Crippen LogP contribution in [0.15, 0.2) is 36.5 Å². The van der Waals surface area contributed by atoms with Crippen molar-refractivity contribution in [1.82, 2.24) is 4.98 Å². The summed E-state index contributed by atoms with van der Waals surface area (Å²) in [4.78, 5) is 14.9. The van der Waals surface area contributed by atoms with E-state index in [0.29, 0.717) is 16.3 Å². The zero-order valence-electron chi connectivity index (χ0n) is 7.63. The lowest BCUT2D eigenvalue weighted by molar-refractivity contribution is 0.103. The topological polar surface area (TPSA) is 32.9 Å². The van der Waals surface area contributed by atoms with Crippen LogP contribution in [0.25, 0.3) is 0 Å². The standard InChI is InChI=1S/C11H7ClINO/c12-7-3-4-9(13)8(6-7)11(15)10-2-1-5-14-10/h1-6,14H. The van der Waals surface area contributed by atoms with Crippen LogP contribution in [-0.4, -0.2) is 10.8 Å². The number of benzene rings is 1. The Balaban J connectivity index is 2.46. The molecule has 0 bridgehead atoms. The highest BCUT2D eigenvalue weighted by Gasteiger charge is 2.13. The van der Waals surface area contributed by atoms with Gasteiger partial charge in [-0.3, -0.25) is 4.79 Å². The van der Waals surface area contributed by atoms with Crippen molar-refractivity contribution in [3.8, 4) is 0 Å². The predicted molar refractivity (Wildman–Crippen MR) is 68.4 cm³/mol. The molecule has 2 nitrogen and oxygen atoms in total. The van der Waals surface area contributed by atoms with Gasteiger partial charge in [0.25, 0.3) is 0 Å². The SMILES string of the molecule is O=C(c1ccc[nH]1)c1cc(Cl)ccc1I. The molecule has 15 heavy (non-hydrogen) atoms. The average Bonchev–Trinajstić information content (AvgIpc) is 2.74. The van der Waals surface area contributed by atoms with Gasteiger partial charge in [0.1, 0.15) is 0 Å². The minimum absolute atomic E-state index is 0.0353. The molecule has 76 valence electrons. The third-order valence-corrected chi connectivity index (χ3v) is 3.19. The lowest BCUT2D eigenvalue weighted by Crippen LogP contribution is -2.03. The fourth-order valence-electron chi connectivity index (χ4n) is 1.29. The summed E-state index contributed by atoms with van der Waals surface area (Å²) in [7, 11) is 0. The summed E-state index contributed by atoms with van der Waals surface area (Å²) in [6.07, 6.45) is 1.73. The Morgan fingerprint density at radius 1 is 1.33 bits per heavy atom. The van der Waals surface area contributed by atoms with Crippen LogP contribution in [0.5, 0.6) is 0 Å². The fourth-order valence-corrected chi connectivity index (χ4v) is 2.04. The number of aromatic amines is 1. The second kappa shape index (κ2) is 4.37. The van der Waals surface area contributed by atoms with Crippen LogP contribution in [0.3, 0.4) is 0 Å². The first-order valence-electron chi connectivity index (χ1n) is 4.31. The predicted octanol–water partition coefficient (Wildman–Crippen LogP) is 3.50. The van der Waals surface area contributed by atoms with E-state index in [1.165, 1.54) is 0 Å². The van der Waals surface area contributed by atoms with Crippen LogP contribution in [0.4, 0.5) is 0 Å². The van der Waals surface area contributed by atoms with Gasteiger partial charge in [-0.25, -0.2) is 0 Å². The normalized spacial score (nSPS) is 10.3. The lowest BCUT2D eigenvalue weighted by Gasteiger charge is -2.02. The highest BCUT2D eigenvalue weighted by molar-refractivity contribution is 14.1. The fraction of sp³-hybridized carbons (Fsp3) is 0. The molecule has 0 fully saturated rings. The van der Waals surface area contributed by atoms with Crippen LogP contribution in [-0.2, 0) is 0 Å². The molecule has 0 saturated heterocycles. The number of rotatable bonds is 2. The third kappa shape index (κ3) is 2.23. The van der Waals surface area contributed by atoms with Crippen LogP contribution in [0.1, 0.15) is 16.1 Å². The quantitative estimate of drug-likeness (QED) is 0.663. The number of carbonyl (C=O) groups excluding carboxylic acids is 1. The van der Waals surface area contributed by atoms with E-state index in [2.05, 4.69) is 27.6 Å². The van der Waals surface area contributed by atoms with Gasteiger partial charge < -0.3 is 4.98 Å². The molecule has 4 heteroatoms. The van der Waals surface area contributed by atoms with E-state index in [-0.39, 0.29) is 5.78 Å². The van der Waals surface area contributed by atoms with Crippen molar-refractivity contribution in [1.29, 1.82) is 0 Å². The Kier molecular flexibility index (Phi) is 3.11. The highest BCUT2D eigenvalue weighted by Crippen LogP contribution is 2.20. The molecule has 1 heterocycles. The molecule has 0 saturated carbocycles. The maximum absolute atomic E-state index is 12.0. The number of aromatic nitrogens is 1. The van der Waals surface area contributed by atoms with Gasteiger partial charge in [-0.1, -0.05) is 11.6 Å². The molecular weight excluding hydrogens is 324 g/mol. The van der Waals surface area contributed by atoms with Crippen molar-refractivity contribution in [3.63, 3.8) is 0 Å². The Labute approximate surface area is 106 Å². The molecule has 0 spiro atoms. The average molecular weight is 332 g/mol. The first-order chi connectivity index (χ1) is 7.18. The Hall–Kier alpha value is -0.810. The zero-order chi connectivity index (χ0) is 10.8. The van der Waals surface area contributed by atoms with Crippen molar-refractivity contribution in [2.75, 3.05) is 0 Å². The smallest absolute Gasteiger partial charge is 0.210 e. The Bertz CT molecular complexity index is 493. The second-order valence-corrected chi connectivity index (χ2v) is 4.64. The van der Waals surface area contributed by atoms with E-state index in [4.69, 9.17) is 11.6 Å². The van der Waals surface area contributed by atoms with Crippen LogP contribution < -0.4 is 0 Å². The van der Waals surface area contributed by atoms with E-state index in [1.807, 2.05) is 6.07 Å². The summed E-state index contributed by atoms with van der Waals surface area (Å²) in [5.41, 5.74) is 1.21. The molecule has 1 aromatic carbocycles. The number of hydrogen-bond donors (Lipinski definition) is 1. The first-order valence-corrected chi connectivity index (χ1v) is 5.77. The molecule has 0 aliphatic heterocycles.